The van der Waals surface area contributed by atoms with Crippen molar-refractivity contribution in [2.75, 3.05) is 12.4 Å². The number of hydrogen-bond donors (Lipinski definition) is 1. The molecule has 38 heavy (non-hydrogen) atoms. The summed E-state index contributed by atoms with van der Waals surface area (Å²) in [6.07, 6.45) is 0.683. The van der Waals surface area contributed by atoms with Gasteiger partial charge in [-0.25, -0.2) is 0 Å². The number of nitrogens with one attached hydrogen (secondary N) is 1. The van der Waals surface area contributed by atoms with Crippen LogP contribution in [0.3, 0.4) is 0 Å². The number of benzene rings is 5. The summed E-state index contributed by atoms with van der Waals surface area (Å²) < 4.78 is 5.25. The van der Waals surface area contributed by atoms with Crippen LogP contribution in [0.25, 0.3) is 0 Å². The molecular weight excluding hydrogens is 553 g/mol. The number of para-hydroxylation sites is 1. The molecular formula is C33H29BrNO2P. The maximum atomic E-state index is 13.3. The predicted molar refractivity (Wildman–Crippen MR) is 165 cm³/mol. The van der Waals surface area contributed by atoms with E-state index in [0.29, 0.717) is 17.5 Å². The van der Waals surface area contributed by atoms with Crippen LogP contribution in [0.15, 0.2) is 140 Å². The summed E-state index contributed by atoms with van der Waals surface area (Å²) in [5.41, 5.74) is 2.43. The molecule has 0 saturated heterocycles. The standard InChI is InChI=1S/C33H29BrNO2P/c1-37-28-23-21-26(22-24-28)33(36)35-32-20-12-11-13-27(32)25-38(34,29-14-5-2-6-15-29,30-16-7-3-8-17-30)31-18-9-4-10-19-31/h2-24H,25H2,1H3,(H,35,36). The Morgan fingerprint density at radius 2 is 1.11 bits per heavy atom. The topological polar surface area (TPSA) is 38.3 Å². The zero-order valence-corrected chi connectivity index (χ0v) is 23.6. The molecule has 5 aromatic rings. The number of ether oxygens (including phenoxy) is 1. The molecule has 0 saturated carbocycles. The molecule has 0 atom stereocenters. The second kappa shape index (κ2) is 10.9. The quantitative estimate of drug-likeness (QED) is 0.195. The third-order valence-corrected chi connectivity index (χ3v) is 16.5. The van der Waals surface area contributed by atoms with Gasteiger partial charge in [-0.2, -0.15) is 0 Å². The molecule has 5 rings (SSSR count). The molecule has 3 nitrogen and oxygen atoms in total. The van der Waals surface area contributed by atoms with Gasteiger partial charge in [0.2, 0.25) is 0 Å². The number of hydrogen-bond acceptors (Lipinski definition) is 2. The molecule has 0 bridgehead atoms. The molecule has 0 aliphatic carbocycles. The van der Waals surface area contributed by atoms with E-state index in [1.54, 1.807) is 31.4 Å². The van der Waals surface area contributed by atoms with Crippen LogP contribution in [0.1, 0.15) is 15.9 Å². The van der Waals surface area contributed by atoms with E-state index in [-0.39, 0.29) is 5.91 Å². The first-order valence-electron chi connectivity index (χ1n) is 12.5. The third kappa shape index (κ3) is 4.78. The van der Waals surface area contributed by atoms with Crippen LogP contribution in [0.4, 0.5) is 5.69 Å². The summed E-state index contributed by atoms with van der Waals surface area (Å²) in [5.74, 6) is 0.557. The van der Waals surface area contributed by atoms with E-state index >= 15 is 0 Å². The van der Waals surface area contributed by atoms with Crippen molar-refractivity contribution >= 4 is 48.3 Å². The predicted octanol–water partition coefficient (Wildman–Crippen LogP) is 7.29. The number of anilines is 1. The van der Waals surface area contributed by atoms with Gasteiger partial charge in [0.05, 0.1) is 0 Å². The van der Waals surface area contributed by atoms with E-state index in [4.69, 9.17) is 4.74 Å². The Bertz CT molecular complexity index is 1430. The summed E-state index contributed by atoms with van der Waals surface area (Å²) in [6.45, 7) is 0. The molecule has 0 aromatic heterocycles. The van der Waals surface area contributed by atoms with Crippen LogP contribution >= 0.6 is 20.8 Å². The van der Waals surface area contributed by atoms with Gasteiger partial charge in [0.1, 0.15) is 0 Å². The summed E-state index contributed by atoms with van der Waals surface area (Å²) in [7, 11) is 1.61. The second-order valence-electron chi connectivity index (χ2n) is 9.19. The summed E-state index contributed by atoms with van der Waals surface area (Å²) >= 11 is 4.52. The molecule has 0 aliphatic heterocycles. The Kier molecular flexibility index (Phi) is 7.46. The minimum absolute atomic E-state index is 0.158. The zero-order valence-electron chi connectivity index (χ0n) is 21.1. The Morgan fingerprint density at radius 3 is 1.58 bits per heavy atom. The fraction of sp³-hybridized carbons (Fsp3) is 0.0606. The van der Waals surface area contributed by atoms with Gasteiger partial charge < -0.3 is 0 Å². The van der Waals surface area contributed by atoms with Gasteiger partial charge in [0, 0.05) is 0 Å². The summed E-state index contributed by atoms with van der Waals surface area (Å²) in [4.78, 5) is 13.3. The first-order chi connectivity index (χ1) is 18.5. The van der Waals surface area contributed by atoms with Crippen molar-refractivity contribution in [3.63, 3.8) is 0 Å². The maximum absolute atomic E-state index is 13.3. The Labute approximate surface area is 232 Å². The van der Waals surface area contributed by atoms with E-state index in [1.807, 2.05) is 18.2 Å². The van der Waals surface area contributed by atoms with Crippen LogP contribution in [-0.4, -0.2) is 13.0 Å². The number of methoxy groups -OCH3 is 1. The molecule has 5 aromatic carbocycles. The molecule has 0 unspecified atom stereocenters. The SMILES string of the molecule is COc1ccc(C(=O)Nc2ccccc2CP(Br)(c2ccccc2)(c2ccccc2)c2ccccc2)cc1. The molecule has 0 heterocycles. The molecule has 5 heteroatoms. The third-order valence-electron chi connectivity index (χ3n) is 6.97. The van der Waals surface area contributed by atoms with Crippen molar-refractivity contribution in [3.8, 4) is 5.75 Å². The minimum atomic E-state index is -3.22. The number of amides is 1. The number of halogens is 1. The Balaban J connectivity index is 1.66. The average Bonchev–Trinajstić information content (AvgIpc) is 2.99. The van der Waals surface area contributed by atoms with Gasteiger partial charge in [-0.05, 0) is 0 Å². The fourth-order valence-electron chi connectivity index (χ4n) is 4.97. The van der Waals surface area contributed by atoms with E-state index in [2.05, 4.69) is 118 Å². The van der Waals surface area contributed by atoms with Crippen LogP contribution in [0.5, 0.6) is 5.75 Å². The van der Waals surface area contributed by atoms with E-state index < -0.39 is 5.31 Å². The van der Waals surface area contributed by atoms with Crippen LogP contribution < -0.4 is 26.0 Å². The normalized spacial score (nSPS) is 12.2. The Hall–Kier alpha value is -3.72. The fourth-order valence-corrected chi connectivity index (χ4v) is 12.7. The van der Waals surface area contributed by atoms with E-state index in [0.717, 1.165) is 11.3 Å². The summed E-state index contributed by atoms with van der Waals surface area (Å²) in [5, 5.41) is 3.65. The van der Waals surface area contributed by atoms with Crippen LogP contribution in [-0.2, 0) is 6.16 Å². The van der Waals surface area contributed by atoms with Gasteiger partial charge in [-0.1, -0.05) is 0 Å². The first-order valence-corrected chi connectivity index (χ1v) is 16.9. The molecule has 0 radical (unpaired) electrons. The van der Waals surface area contributed by atoms with Crippen molar-refractivity contribution in [1.82, 2.24) is 0 Å². The Morgan fingerprint density at radius 1 is 0.658 bits per heavy atom. The van der Waals surface area contributed by atoms with E-state index in [9.17, 15) is 4.79 Å². The van der Waals surface area contributed by atoms with Crippen molar-refractivity contribution in [3.05, 3.63) is 151 Å². The molecule has 190 valence electrons. The number of carbonyl (C=O) groups excluding carboxylic acids is 1. The van der Waals surface area contributed by atoms with Crippen molar-refractivity contribution in [2.24, 2.45) is 0 Å². The first kappa shape index (κ1) is 25.9. The molecule has 1 N–H and O–H groups in total. The number of rotatable bonds is 8. The van der Waals surface area contributed by atoms with Crippen molar-refractivity contribution in [1.29, 1.82) is 0 Å². The number of carbonyl (C=O) groups is 1. The average molecular weight is 582 g/mol. The zero-order chi connectivity index (χ0) is 26.5. The van der Waals surface area contributed by atoms with Crippen LogP contribution in [0.2, 0.25) is 0 Å². The van der Waals surface area contributed by atoms with Crippen LogP contribution in [0, 0.1) is 0 Å². The van der Waals surface area contributed by atoms with Gasteiger partial charge in [0.15, 0.2) is 0 Å². The molecule has 0 aliphatic rings. The van der Waals surface area contributed by atoms with Crippen molar-refractivity contribution < 1.29 is 9.53 Å². The second-order valence-corrected chi connectivity index (χ2v) is 18.1. The molecule has 0 fully saturated rings. The van der Waals surface area contributed by atoms with E-state index in [1.165, 1.54) is 15.9 Å². The molecule has 1 amide bonds. The van der Waals surface area contributed by atoms with Gasteiger partial charge >= 0.3 is 233 Å². The van der Waals surface area contributed by atoms with Gasteiger partial charge in [0.25, 0.3) is 0 Å². The van der Waals surface area contributed by atoms with Gasteiger partial charge in [-0.15, -0.1) is 0 Å². The monoisotopic (exact) mass is 581 g/mol. The van der Waals surface area contributed by atoms with Gasteiger partial charge in [-0.3, -0.25) is 0 Å². The molecule has 0 spiro atoms. The summed E-state index contributed by atoms with van der Waals surface area (Å²) in [6, 6.07) is 47.3. The van der Waals surface area contributed by atoms with Crippen molar-refractivity contribution in [2.45, 2.75) is 6.16 Å².